The molecule has 2 rings (SSSR count). The molecule has 1 aromatic rings. The van der Waals surface area contributed by atoms with Crippen LogP contribution in [0, 0.1) is 0 Å². The summed E-state index contributed by atoms with van der Waals surface area (Å²) in [4.78, 5) is 6.28. The fraction of sp³-hybridized carbons (Fsp3) is 0.615. The van der Waals surface area contributed by atoms with E-state index in [-0.39, 0.29) is 17.5 Å². The van der Waals surface area contributed by atoms with Gasteiger partial charge < -0.3 is 15.4 Å². The fourth-order valence-corrected chi connectivity index (χ4v) is 3.99. The summed E-state index contributed by atoms with van der Waals surface area (Å²) < 4.78 is 28.6. The predicted molar refractivity (Wildman–Crippen MR) is 79.9 cm³/mol. The summed E-state index contributed by atoms with van der Waals surface area (Å²) >= 11 is 0. The van der Waals surface area contributed by atoms with Gasteiger partial charge in [-0.15, -0.1) is 0 Å². The third kappa shape index (κ3) is 3.33. The van der Waals surface area contributed by atoms with Crippen molar-refractivity contribution in [2.24, 2.45) is 0 Å². The number of nitrogens with two attached hydrogens (primary N) is 1. The van der Waals surface area contributed by atoms with Crippen LogP contribution in [0.25, 0.3) is 0 Å². The number of nitrogens with zero attached hydrogens (tertiary/aromatic N) is 2. The van der Waals surface area contributed by atoms with Crippen LogP contribution in [0.2, 0.25) is 0 Å². The number of anilines is 2. The van der Waals surface area contributed by atoms with Crippen LogP contribution in [-0.2, 0) is 9.84 Å². The Labute approximate surface area is 119 Å². The molecule has 0 saturated carbocycles. The van der Waals surface area contributed by atoms with Crippen LogP contribution in [0.5, 0.6) is 5.88 Å². The first-order valence-electron chi connectivity index (χ1n) is 6.75. The lowest BCUT2D eigenvalue weighted by Gasteiger charge is -2.25. The minimum atomic E-state index is -2.91. The Kier molecular flexibility index (Phi) is 4.37. The normalized spacial score (nSPS) is 20.8. The van der Waals surface area contributed by atoms with Crippen molar-refractivity contribution in [3.05, 3.63) is 12.1 Å². The zero-order valence-electron chi connectivity index (χ0n) is 11.9. The van der Waals surface area contributed by atoms with Gasteiger partial charge in [-0.2, -0.15) is 4.98 Å². The highest BCUT2D eigenvalue weighted by molar-refractivity contribution is 7.91. The monoisotopic (exact) mass is 299 g/mol. The average Bonchev–Trinajstić information content (AvgIpc) is 2.77. The topological polar surface area (TPSA) is 85.5 Å². The van der Waals surface area contributed by atoms with Gasteiger partial charge in [0.25, 0.3) is 0 Å². The molecule has 1 aliphatic rings. The summed E-state index contributed by atoms with van der Waals surface area (Å²) in [5.74, 6) is 1.53. The van der Waals surface area contributed by atoms with Crippen LogP contribution in [0.15, 0.2) is 12.1 Å². The van der Waals surface area contributed by atoms with Gasteiger partial charge in [0.2, 0.25) is 5.88 Å². The SMILES string of the molecule is CCCOc1nc(N(C)C2CCS(=O)(=O)C2)ccc1N. The minimum Gasteiger partial charge on any atom is -0.476 e. The number of ether oxygens (including phenoxy) is 1. The zero-order valence-corrected chi connectivity index (χ0v) is 12.7. The first-order valence-corrected chi connectivity index (χ1v) is 8.57. The van der Waals surface area contributed by atoms with Gasteiger partial charge in [-0.05, 0) is 25.0 Å². The van der Waals surface area contributed by atoms with Gasteiger partial charge in [-0.1, -0.05) is 6.92 Å². The Bertz CT molecular complexity index is 574. The van der Waals surface area contributed by atoms with Crippen LogP contribution in [-0.4, -0.2) is 44.6 Å². The van der Waals surface area contributed by atoms with Crippen molar-refractivity contribution in [3.8, 4) is 5.88 Å². The first kappa shape index (κ1) is 14.9. The summed E-state index contributed by atoms with van der Waals surface area (Å²) in [6.07, 6.45) is 1.51. The Morgan fingerprint density at radius 1 is 1.50 bits per heavy atom. The average molecular weight is 299 g/mol. The molecule has 0 spiro atoms. The van der Waals surface area contributed by atoms with Crippen LogP contribution in [0.4, 0.5) is 11.5 Å². The molecule has 1 saturated heterocycles. The van der Waals surface area contributed by atoms with E-state index in [0.717, 1.165) is 6.42 Å². The first-order chi connectivity index (χ1) is 9.43. The second kappa shape index (κ2) is 5.87. The van der Waals surface area contributed by atoms with E-state index in [1.54, 1.807) is 12.1 Å². The molecule has 1 aromatic heterocycles. The van der Waals surface area contributed by atoms with Gasteiger partial charge in [0.05, 0.1) is 23.8 Å². The Hall–Kier alpha value is -1.50. The molecular weight excluding hydrogens is 278 g/mol. The Morgan fingerprint density at radius 2 is 2.25 bits per heavy atom. The van der Waals surface area contributed by atoms with E-state index in [4.69, 9.17) is 10.5 Å². The summed E-state index contributed by atoms with van der Waals surface area (Å²) in [6, 6.07) is 3.50. The molecule has 0 aliphatic carbocycles. The molecule has 20 heavy (non-hydrogen) atoms. The third-order valence-corrected chi connectivity index (χ3v) is 5.19. The van der Waals surface area contributed by atoms with Gasteiger partial charge >= 0.3 is 0 Å². The molecule has 0 bridgehead atoms. The largest absolute Gasteiger partial charge is 0.476 e. The van der Waals surface area contributed by atoms with Crippen molar-refractivity contribution < 1.29 is 13.2 Å². The maximum Gasteiger partial charge on any atom is 0.239 e. The molecule has 112 valence electrons. The van der Waals surface area contributed by atoms with Crippen LogP contribution in [0.1, 0.15) is 19.8 Å². The Balaban J connectivity index is 2.16. The maximum atomic E-state index is 11.5. The molecule has 0 aromatic carbocycles. The van der Waals surface area contributed by atoms with Crippen LogP contribution >= 0.6 is 0 Å². The second-order valence-corrected chi connectivity index (χ2v) is 7.31. The molecule has 1 fully saturated rings. The summed E-state index contributed by atoms with van der Waals surface area (Å²) in [5, 5.41) is 0. The van der Waals surface area contributed by atoms with Gasteiger partial charge in [-0.25, -0.2) is 8.42 Å². The molecule has 0 radical (unpaired) electrons. The van der Waals surface area contributed by atoms with E-state index in [1.165, 1.54) is 0 Å². The van der Waals surface area contributed by atoms with Crippen molar-refractivity contribution in [1.82, 2.24) is 4.98 Å². The van der Waals surface area contributed by atoms with E-state index in [9.17, 15) is 8.42 Å². The smallest absolute Gasteiger partial charge is 0.239 e. The van der Waals surface area contributed by atoms with Crippen molar-refractivity contribution >= 4 is 21.3 Å². The highest BCUT2D eigenvalue weighted by atomic mass is 32.2. The second-order valence-electron chi connectivity index (χ2n) is 5.08. The number of rotatable bonds is 5. The van der Waals surface area contributed by atoms with Crippen LogP contribution < -0.4 is 15.4 Å². The van der Waals surface area contributed by atoms with Gasteiger partial charge in [-0.3, -0.25) is 0 Å². The molecule has 1 aliphatic heterocycles. The zero-order chi connectivity index (χ0) is 14.8. The summed E-state index contributed by atoms with van der Waals surface area (Å²) in [7, 11) is -1.05. The Morgan fingerprint density at radius 3 is 2.85 bits per heavy atom. The van der Waals surface area contributed by atoms with E-state index in [1.807, 2.05) is 18.9 Å². The standard InChI is InChI=1S/C13H21N3O3S/c1-3-7-19-13-11(14)4-5-12(15-13)16(2)10-6-8-20(17,18)9-10/h4-5,10H,3,6-9,14H2,1-2H3. The molecule has 0 amide bonds. The van der Waals surface area contributed by atoms with Crippen LogP contribution in [0.3, 0.4) is 0 Å². The highest BCUT2D eigenvalue weighted by Crippen LogP contribution is 2.26. The van der Waals surface area contributed by atoms with Gasteiger partial charge in [0.1, 0.15) is 5.82 Å². The predicted octanol–water partition coefficient (Wildman–Crippen LogP) is 1.08. The van der Waals surface area contributed by atoms with E-state index in [0.29, 0.717) is 30.4 Å². The van der Waals surface area contributed by atoms with Crippen molar-refractivity contribution in [2.45, 2.75) is 25.8 Å². The number of nitrogen functional groups attached to an aromatic ring is 1. The number of aromatic nitrogens is 1. The summed E-state index contributed by atoms with van der Waals surface area (Å²) in [6.45, 7) is 2.57. The van der Waals surface area contributed by atoms with Gasteiger partial charge in [0.15, 0.2) is 9.84 Å². The lowest BCUT2D eigenvalue weighted by Crippen LogP contribution is -2.33. The summed E-state index contributed by atoms with van der Waals surface area (Å²) in [5.41, 5.74) is 6.32. The van der Waals surface area contributed by atoms with Gasteiger partial charge in [0, 0.05) is 13.1 Å². The number of sulfone groups is 1. The third-order valence-electron chi connectivity index (χ3n) is 3.44. The number of hydrogen-bond donors (Lipinski definition) is 1. The minimum absolute atomic E-state index is 0.0323. The molecule has 2 heterocycles. The maximum absolute atomic E-state index is 11.5. The number of hydrogen-bond acceptors (Lipinski definition) is 6. The molecule has 1 unspecified atom stereocenters. The quantitative estimate of drug-likeness (QED) is 0.875. The molecule has 1 atom stereocenters. The highest BCUT2D eigenvalue weighted by Gasteiger charge is 2.31. The molecule has 7 heteroatoms. The van der Waals surface area contributed by atoms with E-state index >= 15 is 0 Å². The number of pyridine rings is 1. The van der Waals surface area contributed by atoms with Crippen molar-refractivity contribution in [2.75, 3.05) is 35.8 Å². The molecule has 6 nitrogen and oxygen atoms in total. The van der Waals surface area contributed by atoms with Crippen molar-refractivity contribution in [3.63, 3.8) is 0 Å². The lowest BCUT2D eigenvalue weighted by atomic mass is 10.2. The van der Waals surface area contributed by atoms with E-state index in [2.05, 4.69) is 4.98 Å². The van der Waals surface area contributed by atoms with E-state index < -0.39 is 9.84 Å². The fourth-order valence-electron chi connectivity index (χ4n) is 2.22. The molecular formula is C13H21N3O3S. The van der Waals surface area contributed by atoms with Crippen molar-refractivity contribution in [1.29, 1.82) is 0 Å². The molecule has 2 N–H and O–H groups in total. The lowest BCUT2D eigenvalue weighted by molar-refractivity contribution is 0.307.